The third-order valence-corrected chi connectivity index (χ3v) is 20.2. The van der Waals surface area contributed by atoms with Gasteiger partial charge in [-0.05, 0) is 0 Å². The monoisotopic (exact) mass is 398 g/mol. The molecule has 1 aliphatic rings. The van der Waals surface area contributed by atoms with Crippen LogP contribution in [0.2, 0.25) is 13.3 Å². The Labute approximate surface area is 135 Å². The molecule has 0 atom stereocenters. The van der Waals surface area contributed by atoms with Gasteiger partial charge >= 0.3 is 136 Å². The summed E-state index contributed by atoms with van der Waals surface area (Å²) < 4.78 is 8.74. The molecule has 0 bridgehead atoms. The number of hydrogen-bond acceptors (Lipinski definition) is 1. The van der Waals surface area contributed by atoms with Crippen LogP contribution in [0.3, 0.4) is 0 Å². The van der Waals surface area contributed by atoms with Gasteiger partial charge < -0.3 is 0 Å². The Balaban J connectivity index is 2.24. The van der Waals surface area contributed by atoms with Crippen molar-refractivity contribution in [3.8, 4) is 0 Å². The van der Waals surface area contributed by atoms with E-state index in [0.717, 1.165) is 0 Å². The minimum absolute atomic E-state index is 1.22. The molecule has 0 aromatic carbocycles. The van der Waals surface area contributed by atoms with Gasteiger partial charge in [0.25, 0.3) is 0 Å². The van der Waals surface area contributed by atoms with E-state index in [9.17, 15) is 0 Å². The van der Waals surface area contributed by atoms with E-state index in [4.69, 9.17) is 4.98 Å². The molecule has 0 spiro atoms. The first-order valence-corrected chi connectivity index (χ1v) is 16.8. The second-order valence-electron chi connectivity index (χ2n) is 6.93. The van der Waals surface area contributed by atoms with Crippen LogP contribution in [0.25, 0.3) is 0 Å². The zero-order valence-electron chi connectivity index (χ0n) is 14.5. The molecular formula is C18H34N2Sn. The summed E-state index contributed by atoms with van der Waals surface area (Å²) in [7, 11) is 0. The molecule has 2 nitrogen and oxygen atoms in total. The van der Waals surface area contributed by atoms with Crippen LogP contribution in [0.1, 0.15) is 71.5 Å². The van der Waals surface area contributed by atoms with Crippen molar-refractivity contribution >= 4 is 22.1 Å². The molecule has 0 amide bonds. The summed E-state index contributed by atoms with van der Waals surface area (Å²) in [4.78, 5) is 5.18. The molecule has 0 fully saturated rings. The van der Waals surface area contributed by atoms with E-state index >= 15 is 0 Å². The summed E-state index contributed by atoms with van der Waals surface area (Å²) in [6.07, 6.45) is 13.4. The number of aryl methyl sites for hydroxylation is 2. The summed E-state index contributed by atoms with van der Waals surface area (Å²) in [5.41, 5.74) is 0. The van der Waals surface area contributed by atoms with Crippen molar-refractivity contribution in [2.75, 3.05) is 0 Å². The number of rotatable bonds is 10. The Kier molecular flexibility index (Phi) is 7.10. The van der Waals surface area contributed by atoms with Gasteiger partial charge in [0.15, 0.2) is 0 Å². The van der Waals surface area contributed by atoms with Crippen LogP contribution in [0.4, 0.5) is 0 Å². The normalized spacial score (nSPS) is 14.6. The zero-order chi connectivity index (χ0) is 15.1. The van der Waals surface area contributed by atoms with Crippen LogP contribution < -0.4 is 3.71 Å². The van der Waals surface area contributed by atoms with Crippen molar-refractivity contribution in [2.45, 2.75) is 92.0 Å². The van der Waals surface area contributed by atoms with Crippen molar-refractivity contribution in [3.63, 3.8) is 0 Å². The molecule has 0 unspecified atom stereocenters. The molecule has 120 valence electrons. The molecule has 1 aliphatic heterocycles. The average Bonchev–Trinajstić information content (AvgIpc) is 3.08. The number of aromatic nitrogens is 2. The molecule has 0 N–H and O–H groups in total. The second-order valence-corrected chi connectivity index (χ2v) is 20.0. The summed E-state index contributed by atoms with van der Waals surface area (Å²) in [6.45, 7) is 8.27. The first kappa shape index (κ1) is 17.4. The minimum atomic E-state index is -2.24. The van der Waals surface area contributed by atoms with Gasteiger partial charge in [-0.25, -0.2) is 0 Å². The van der Waals surface area contributed by atoms with E-state index in [-0.39, 0.29) is 0 Å². The molecule has 21 heavy (non-hydrogen) atoms. The molecule has 3 heteroatoms. The standard InChI is InChI=1S/C6H7N2.3C4H9.Sn/c1-2-6-7-3-5-8(6)4-1;3*1-3-4-2;/h5H,1-2,4H2;3*1,3-4H2,2H3;. The van der Waals surface area contributed by atoms with E-state index < -0.39 is 18.4 Å². The van der Waals surface area contributed by atoms with Crippen molar-refractivity contribution in [1.29, 1.82) is 0 Å². The molecule has 2 rings (SSSR count). The van der Waals surface area contributed by atoms with Crippen LogP contribution in [-0.2, 0) is 13.0 Å². The van der Waals surface area contributed by atoms with E-state index in [0.29, 0.717) is 0 Å². The molecule has 2 heterocycles. The maximum absolute atomic E-state index is 5.18. The maximum atomic E-state index is 5.18. The Morgan fingerprint density at radius 3 is 2.05 bits per heavy atom. The Bertz CT molecular complexity index is 382. The van der Waals surface area contributed by atoms with Gasteiger partial charge in [0.2, 0.25) is 0 Å². The van der Waals surface area contributed by atoms with Crippen LogP contribution >= 0.6 is 0 Å². The fourth-order valence-corrected chi connectivity index (χ4v) is 19.2. The molecule has 0 saturated heterocycles. The van der Waals surface area contributed by atoms with Gasteiger partial charge in [0, 0.05) is 0 Å². The van der Waals surface area contributed by atoms with Crippen molar-refractivity contribution in [3.05, 3.63) is 12.0 Å². The second kappa shape index (κ2) is 8.59. The van der Waals surface area contributed by atoms with Crippen LogP contribution in [0.15, 0.2) is 6.20 Å². The first-order valence-electron chi connectivity index (χ1n) is 9.32. The SMILES string of the molecule is CCC[CH2][Sn]([CH2]CCC)([CH2]CCC)[c]1cn2c(n1)CCC2. The molecule has 0 aliphatic carbocycles. The van der Waals surface area contributed by atoms with Gasteiger partial charge in [0.05, 0.1) is 0 Å². The van der Waals surface area contributed by atoms with Crippen molar-refractivity contribution < 1.29 is 0 Å². The van der Waals surface area contributed by atoms with Crippen molar-refractivity contribution in [2.24, 2.45) is 0 Å². The fraction of sp³-hybridized carbons (Fsp3) is 0.833. The summed E-state index contributed by atoms with van der Waals surface area (Å²) in [5, 5.41) is 0. The van der Waals surface area contributed by atoms with Gasteiger partial charge in [0.1, 0.15) is 0 Å². The van der Waals surface area contributed by atoms with E-state index in [1.165, 1.54) is 63.7 Å². The van der Waals surface area contributed by atoms with Crippen molar-refractivity contribution in [1.82, 2.24) is 9.55 Å². The Morgan fingerprint density at radius 1 is 1.00 bits per heavy atom. The number of hydrogen-bond donors (Lipinski definition) is 0. The summed E-state index contributed by atoms with van der Waals surface area (Å²) >= 11 is -2.24. The fourth-order valence-electron chi connectivity index (χ4n) is 3.82. The number of fused-ring (bicyclic) bond motifs is 1. The van der Waals surface area contributed by atoms with Gasteiger partial charge in [-0.1, -0.05) is 0 Å². The third kappa shape index (κ3) is 4.26. The van der Waals surface area contributed by atoms with Crippen LogP contribution in [0.5, 0.6) is 0 Å². The number of unbranched alkanes of at least 4 members (excludes halogenated alkanes) is 3. The predicted molar refractivity (Wildman–Crippen MR) is 95.1 cm³/mol. The predicted octanol–water partition coefficient (Wildman–Crippen LogP) is 4.89. The molecule has 1 aromatic heterocycles. The van der Waals surface area contributed by atoms with E-state index in [1.807, 2.05) is 0 Å². The van der Waals surface area contributed by atoms with Gasteiger partial charge in [-0.3, -0.25) is 0 Å². The molecule has 0 saturated carbocycles. The Hall–Kier alpha value is 0.00870. The molecule has 1 aromatic rings. The van der Waals surface area contributed by atoms with Gasteiger partial charge in [-0.15, -0.1) is 0 Å². The molecular weight excluding hydrogens is 363 g/mol. The van der Waals surface area contributed by atoms with Crippen LogP contribution in [0, 0.1) is 0 Å². The first-order chi connectivity index (χ1) is 10.3. The topological polar surface area (TPSA) is 17.8 Å². The van der Waals surface area contributed by atoms with E-state index in [1.54, 1.807) is 17.0 Å². The summed E-state index contributed by atoms with van der Waals surface area (Å²) in [6, 6.07) is 0. The summed E-state index contributed by atoms with van der Waals surface area (Å²) in [5.74, 6) is 1.40. The molecule has 0 radical (unpaired) electrons. The quantitative estimate of drug-likeness (QED) is 0.515. The average molecular weight is 397 g/mol. The van der Waals surface area contributed by atoms with Gasteiger partial charge in [-0.2, -0.15) is 0 Å². The van der Waals surface area contributed by atoms with Crippen LogP contribution in [-0.4, -0.2) is 27.9 Å². The number of imidazole rings is 1. The zero-order valence-corrected chi connectivity index (χ0v) is 17.3. The van der Waals surface area contributed by atoms with E-state index in [2.05, 4.69) is 31.5 Å². The number of nitrogens with zero attached hydrogens (tertiary/aromatic N) is 2. The third-order valence-electron chi connectivity index (χ3n) is 5.23. The Morgan fingerprint density at radius 2 is 1.57 bits per heavy atom.